The molecule has 0 saturated carbocycles. The topological polar surface area (TPSA) is 105 Å². The fourth-order valence-electron chi connectivity index (χ4n) is 3.26. The van der Waals surface area contributed by atoms with Crippen LogP contribution in [0.15, 0.2) is 47.2 Å². The minimum Gasteiger partial charge on any atom is -0.379 e. The number of rotatable bonds is 5. The zero-order valence-corrected chi connectivity index (χ0v) is 18.6. The Hall–Kier alpha value is -3.30. The minimum absolute atomic E-state index is 0.177. The summed E-state index contributed by atoms with van der Waals surface area (Å²) in [6.45, 7) is 10.1. The number of benzene rings is 1. The Morgan fingerprint density at radius 3 is 2.34 bits per heavy atom. The molecule has 4 rings (SSSR count). The molecule has 0 atom stereocenters. The van der Waals surface area contributed by atoms with Crippen molar-refractivity contribution in [1.29, 1.82) is 0 Å². The van der Waals surface area contributed by atoms with E-state index in [0.29, 0.717) is 17.3 Å². The van der Waals surface area contributed by atoms with E-state index in [2.05, 4.69) is 30.7 Å². The van der Waals surface area contributed by atoms with E-state index in [0.717, 1.165) is 49.8 Å². The number of amides is 2. The van der Waals surface area contributed by atoms with Gasteiger partial charge in [0.15, 0.2) is 5.82 Å². The number of aromatic nitrogens is 3. The van der Waals surface area contributed by atoms with Gasteiger partial charge >= 0.3 is 6.03 Å². The van der Waals surface area contributed by atoms with Crippen molar-refractivity contribution in [2.75, 3.05) is 36.9 Å². The van der Waals surface area contributed by atoms with Crippen LogP contribution in [-0.2, 0) is 16.7 Å². The van der Waals surface area contributed by atoms with E-state index >= 15 is 0 Å². The minimum atomic E-state index is -0.387. The zero-order chi connectivity index (χ0) is 22.6. The van der Waals surface area contributed by atoms with Gasteiger partial charge in [0.05, 0.1) is 19.8 Å². The number of carbonyl (C=O) groups excluding carboxylic acids is 1. The Morgan fingerprint density at radius 1 is 1.03 bits per heavy atom. The summed E-state index contributed by atoms with van der Waals surface area (Å²) in [5, 5.41) is 9.37. The number of hydrogen-bond acceptors (Lipinski definition) is 7. The van der Waals surface area contributed by atoms with E-state index in [1.54, 1.807) is 6.07 Å². The highest BCUT2D eigenvalue weighted by Gasteiger charge is 2.20. The van der Waals surface area contributed by atoms with Gasteiger partial charge in [-0.3, -0.25) is 10.2 Å². The van der Waals surface area contributed by atoms with Crippen LogP contribution in [0.3, 0.4) is 0 Å². The third-order valence-electron chi connectivity index (χ3n) is 5.14. The van der Waals surface area contributed by atoms with Crippen molar-refractivity contribution in [2.24, 2.45) is 0 Å². The van der Waals surface area contributed by atoms with Gasteiger partial charge in [0, 0.05) is 48.2 Å². The summed E-state index contributed by atoms with van der Waals surface area (Å²) in [6, 6.07) is 8.85. The van der Waals surface area contributed by atoms with Crippen LogP contribution in [0.25, 0.3) is 11.1 Å². The van der Waals surface area contributed by atoms with Gasteiger partial charge in [-0.25, -0.2) is 14.8 Å². The number of ether oxygens (including phenoxy) is 1. The van der Waals surface area contributed by atoms with Gasteiger partial charge in [0.2, 0.25) is 0 Å². The second-order valence-electron chi connectivity index (χ2n) is 8.76. The molecular formula is C23H28N6O3. The van der Waals surface area contributed by atoms with Gasteiger partial charge in [-0.05, 0) is 17.7 Å². The second kappa shape index (κ2) is 9.46. The monoisotopic (exact) mass is 436 g/mol. The molecule has 32 heavy (non-hydrogen) atoms. The molecule has 2 aromatic heterocycles. The third-order valence-corrected chi connectivity index (χ3v) is 5.14. The summed E-state index contributed by atoms with van der Waals surface area (Å²) in [5.41, 5.74) is 2.38. The number of nitrogens with one attached hydrogen (secondary N) is 2. The van der Waals surface area contributed by atoms with Crippen LogP contribution in [-0.4, -0.2) is 52.4 Å². The number of urea groups is 1. The van der Waals surface area contributed by atoms with E-state index in [-0.39, 0.29) is 11.4 Å². The van der Waals surface area contributed by atoms with Crippen LogP contribution in [0.1, 0.15) is 32.4 Å². The predicted octanol–water partition coefficient (Wildman–Crippen LogP) is 3.91. The van der Waals surface area contributed by atoms with Crippen molar-refractivity contribution in [1.82, 2.24) is 20.0 Å². The van der Waals surface area contributed by atoms with Crippen LogP contribution < -0.4 is 10.6 Å². The van der Waals surface area contributed by atoms with Crippen LogP contribution in [0.4, 0.5) is 16.3 Å². The summed E-state index contributed by atoms with van der Waals surface area (Å²) in [7, 11) is 0. The maximum atomic E-state index is 12.3. The standard InChI is InChI=1S/C23H28N6O3/c1-23(2,3)19-12-20(28-32-19)27-22(30)26-18-6-4-16(5-7-18)17-13-24-21(25-14-17)15-29-8-10-31-11-9-29/h4-7,12-14H,8-11,15H2,1-3H3,(H2,26,27,28,30). The average molecular weight is 437 g/mol. The molecular weight excluding hydrogens is 408 g/mol. The molecule has 3 heterocycles. The van der Waals surface area contributed by atoms with Crippen LogP contribution >= 0.6 is 0 Å². The van der Waals surface area contributed by atoms with Gasteiger partial charge in [-0.15, -0.1) is 0 Å². The molecule has 1 fully saturated rings. The van der Waals surface area contributed by atoms with Crippen molar-refractivity contribution in [3.63, 3.8) is 0 Å². The summed E-state index contributed by atoms with van der Waals surface area (Å²) < 4.78 is 10.7. The molecule has 0 bridgehead atoms. The molecule has 1 aliphatic heterocycles. The van der Waals surface area contributed by atoms with Gasteiger partial charge < -0.3 is 14.6 Å². The van der Waals surface area contributed by atoms with Crippen molar-refractivity contribution in [2.45, 2.75) is 32.7 Å². The molecule has 9 nitrogen and oxygen atoms in total. The Balaban J connectivity index is 1.32. The van der Waals surface area contributed by atoms with Crippen LogP contribution in [0.5, 0.6) is 0 Å². The first-order chi connectivity index (χ1) is 15.4. The van der Waals surface area contributed by atoms with E-state index in [1.165, 1.54) is 0 Å². The van der Waals surface area contributed by atoms with Crippen molar-refractivity contribution in [3.8, 4) is 11.1 Å². The number of hydrogen-bond donors (Lipinski definition) is 2. The maximum Gasteiger partial charge on any atom is 0.324 e. The molecule has 1 aromatic carbocycles. The lowest BCUT2D eigenvalue weighted by Gasteiger charge is -2.25. The fourth-order valence-corrected chi connectivity index (χ4v) is 3.26. The number of anilines is 2. The molecule has 0 radical (unpaired) electrons. The second-order valence-corrected chi connectivity index (χ2v) is 8.76. The maximum absolute atomic E-state index is 12.3. The lowest BCUT2D eigenvalue weighted by atomic mass is 9.93. The first-order valence-corrected chi connectivity index (χ1v) is 10.6. The van der Waals surface area contributed by atoms with Crippen molar-refractivity contribution >= 4 is 17.5 Å². The first-order valence-electron chi connectivity index (χ1n) is 10.6. The van der Waals surface area contributed by atoms with Crippen molar-refractivity contribution < 1.29 is 14.1 Å². The highest BCUT2D eigenvalue weighted by atomic mass is 16.5. The third kappa shape index (κ3) is 5.68. The van der Waals surface area contributed by atoms with E-state index in [1.807, 2.05) is 57.4 Å². The molecule has 0 unspecified atom stereocenters. The van der Waals surface area contributed by atoms with E-state index < -0.39 is 0 Å². The largest absolute Gasteiger partial charge is 0.379 e. The zero-order valence-electron chi connectivity index (χ0n) is 18.6. The molecule has 2 N–H and O–H groups in total. The van der Waals surface area contributed by atoms with Gasteiger partial charge in [0.1, 0.15) is 11.6 Å². The van der Waals surface area contributed by atoms with Gasteiger partial charge in [-0.1, -0.05) is 38.1 Å². The number of nitrogens with zero attached hydrogens (tertiary/aromatic N) is 4. The van der Waals surface area contributed by atoms with E-state index in [9.17, 15) is 4.79 Å². The van der Waals surface area contributed by atoms with Crippen LogP contribution in [0.2, 0.25) is 0 Å². The van der Waals surface area contributed by atoms with Gasteiger partial charge in [-0.2, -0.15) is 0 Å². The van der Waals surface area contributed by atoms with Gasteiger partial charge in [0.25, 0.3) is 0 Å². The molecule has 1 saturated heterocycles. The molecule has 0 aliphatic carbocycles. The highest BCUT2D eigenvalue weighted by molar-refractivity contribution is 5.99. The summed E-state index contributed by atoms with van der Waals surface area (Å²) in [6.07, 6.45) is 3.66. The van der Waals surface area contributed by atoms with Crippen LogP contribution in [0, 0.1) is 0 Å². The lowest BCUT2D eigenvalue weighted by molar-refractivity contribution is 0.0330. The molecule has 0 spiro atoms. The number of morpholine rings is 1. The Kier molecular flexibility index (Phi) is 6.48. The molecule has 2 amide bonds. The lowest BCUT2D eigenvalue weighted by Crippen LogP contribution is -2.36. The summed E-state index contributed by atoms with van der Waals surface area (Å²) in [4.78, 5) is 23.5. The van der Waals surface area contributed by atoms with E-state index in [4.69, 9.17) is 9.26 Å². The summed E-state index contributed by atoms with van der Waals surface area (Å²) >= 11 is 0. The quantitative estimate of drug-likeness (QED) is 0.625. The smallest absolute Gasteiger partial charge is 0.324 e. The Labute approximate surface area is 187 Å². The summed E-state index contributed by atoms with van der Waals surface area (Å²) in [5.74, 6) is 1.88. The normalized spacial score (nSPS) is 14.8. The molecule has 1 aliphatic rings. The average Bonchev–Trinajstić information content (AvgIpc) is 3.25. The fraction of sp³-hybridized carbons (Fsp3) is 0.391. The predicted molar refractivity (Wildman–Crippen MR) is 121 cm³/mol. The molecule has 9 heteroatoms. The SMILES string of the molecule is CC(C)(C)c1cc(NC(=O)Nc2ccc(-c3cnc(CN4CCOCC4)nc3)cc2)no1. The van der Waals surface area contributed by atoms with Crippen molar-refractivity contribution in [3.05, 3.63) is 54.3 Å². The highest BCUT2D eigenvalue weighted by Crippen LogP contribution is 2.25. The number of carbonyl (C=O) groups is 1. The molecule has 168 valence electrons. The Morgan fingerprint density at radius 2 is 1.72 bits per heavy atom. The first kappa shape index (κ1) is 21.9. The molecule has 3 aromatic rings. The Bertz CT molecular complexity index is 1030.